The fourth-order valence-corrected chi connectivity index (χ4v) is 1.92. The summed E-state index contributed by atoms with van der Waals surface area (Å²) in [7, 11) is 0. The highest BCUT2D eigenvalue weighted by Gasteiger charge is 2.02. The third kappa shape index (κ3) is 4.27. The standard InChI is InChI=1S/C16H18ClNO/c1-2-18-11-14-5-3-4-6-16(14)19-12-13-7-9-15(17)10-8-13/h3-10,18H,2,11-12H2,1H3. The molecule has 0 aromatic heterocycles. The first-order chi connectivity index (χ1) is 9.29. The van der Waals surface area contributed by atoms with Gasteiger partial charge in [0.15, 0.2) is 0 Å². The van der Waals surface area contributed by atoms with Gasteiger partial charge in [-0.05, 0) is 30.3 Å². The molecule has 0 aliphatic heterocycles. The molecule has 0 fully saturated rings. The number of halogens is 1. The van der Waals surface area contributed by atoms with E-state index in [9.17, 15) is 0 Å². The van der Waals surface area contributed by atoms with Gasteiger partial charge in [0.1, 0.15) is 12.4 Å². The van der Waals surface area contributed by atoms with Crippen molar-refractivity contribution in [2.24, 2.45) is 0 Å². The highest BCUT2D eigenvalue weighted by Crippen LogP contribution is 2.19. The van der Waals surface area contributed by atoms with Gasteiger partial charge in [-0.2, -0.15) is 0 Å². The molecule has 0 saturated carbocycles. The van der Waals surface area contributed by atoms with Crippen LogP contribution in [0.5, 0.6) is 5.75 Å². The van der Waals surface area contributed by atoms with Gasteiger partial charge in [0.25, 0.3) is 0 Å². The third-order valence-corrected chi connectivity index (χ3v) is 3.10. The molecule has 0 spiro atoms. The van der Waals surface area contributed by atoms with Crippen LogP contribution in [0.2, 0.25) is 5.02 Å². The summed E-state index contributed by atoms with van der Waals surface area (Å²) in [5, 5.41) is 4.06. The molecule has 0 aliphatic carbocycles. The van der Waals surface area contributed by atoms with Crippen molar-refractivity contribution < 1.29 is 4.74 Å². The molecule has 0 radical (unpaired) electrons. The van der Waals surface area contributed by atoms with E-state index in [0.29, 0.717) is 6.61 Å². The number of hydrogen-bond donors (Lipinski definition) is 1. The zero-order valence-electron chi connectivity index (χ0n) is 11.0. The summed E-state index contributed by atoms with van der Waals surface area (Å²) in [4.78, 5) is 0. The summed E-state index contributed by atoms with van der Waals surface area (Å²) >= 11 is 5.86. The molecule has 0 amide bonds. The van der Waals surface area contributed by atoms with Crippen LogP contribution in [0, 0.1) is 0 Å². The van der Waals surface area contributed by atoms with Crippen molar-refractivity contribution in [2.75, 3.05) is 6.54 Å². The van der Waals surface area contributed by atoms with E-state index in [4.69, 9.17) is 16.3 Å². The SMILES string of the molecule is CCNCc1ccccc1OCc1ccc(Cl)cc1. The molecule has 0 heterocycles. The van der Waals surface area contributed by atoms with E-state index in [1.807, 2.05) is 42.5 Å². The van der Waals surface area contributed by atoms with Crippen molar-refractivity contribution in [3.05, 3.63) is 64.7 Å². The average molecular weight is 276 g/mol. The summed E-state index contributed by atoms with van der Waals surface area (Å²) in [5.41, 5.74) is 2.29. The Kier molecular flexibility index (Phi) is 5.25. The molecular weight excluding hydrogens is 258 g/mol. The van der Waals surface area contributed by atoms with E-state index in [1.54, 1.807) is 0 Å². The molecule has 0 unspecified atom stereocenters. The Bertz CT molecular complexity index is 510. The molecule has 0 aliphatic rings. The van der Waals surface area contributed by atoms with Gasteiger partial charge in [0, 0.05) is 17.1 Å². The van der Waals surface area contributed by atoms with Crippen molar-refractivity contribution in [3.63, 3.8) is 0 Å². The number of nitrogens with one attached hydrogen (secondary N) is 1. The van der Waals surface area contributed by atoms with Crippen LogP contribution in [0.3, 0.4) is 0 Å². The smallest absolute Gasteiger partial charge is 0.124 e. The fraction of sp³-hybridized carbons (Fsp3) is 0.250. The normalized spacial score (nSPS) is 10.4. The van der Waals surface area contributed by atoms with Gasteiger partial charge in [-0.25, -0.2) is 0 Å². The predicted octanol–water partition coefficient (Wildman–Crippen LogP) is 4.03. The van der Waals surface area contributed by atoms with Crippen LogP contribution in [0.1, 0.15) is 18.1 Å². The molecule has 0 atom stereocenters. The second-order valence-electron chi connectivity index (χ2n) is 4.30. The lowest BCUT2D eigenvalue weighted by molar-refractivity contribution is 0.302. The Balaban J connectivity index is 2.00. The van der Waals surface area contributed by atoms with Crippen molar-refractivity contribution in [3.8, 4) is 5.75 Å². The number of benzene rings is 2. The molecule has 2 nitrogen and oxygen atoms in total. The molecule has 2 aromatic carbocycles. The van der Waals surface area contributed by atoms with Crippen LogP contribution in [-0.4, -0.2) is 6.54 Å². The topological polar surface area (TPSA) is 21.3 Å². The number of para-hydroxylation sites is 1. The first-order valence-electron chi connectivity index (χ1n) is 6.45. The van der Waals surface area contributed by atoms with Crippen LogP contribution >= 0.6 is 11.6 Å². The molecular formula is C16H18ClNO. The molecule has 1 N–H and O–H groups in total. The quantitative estimate of drug-likeness (QED) is 0.859. The summed E-state index contributed by atoms with van der Waals surface area (Å²) in [6.45, 7) is 4.43. The monoisotopic (exact) mass is 275 g/mol. The van der Waals surface area contributed by atoms with Crippen molar-refractivity contribution in [2.45, 2.75) is 20.1 Å². The molecule has 2 aromatic rings. The Morgan fingerprint density at radius 1 is 1.05 bits per heavy atom. The van der Waals surface area contributed by atoms with Gasteiger partial charge in [-0.1, -0.05) is 48.9 Å². The Hall–Kier alpha value is -1.51. The Morgan fingerprint density at radius 2 is 1.79 bits per heavy atom. The summed E-state index contributed by atoms with van der Waals surface area (Å²) < 4.78 is 5.88. The summed E-state index contributed by atoms with van der Waals surface area (Å²) in [6, 6.07) is 15.8. The molecule has 3 heteroatoms. The maximum absolute atomic E-state index is 5.88. The summed E-state index contributed by atoms with van der Waals surface area (Å²) in [5.74, 6) is 0.929. The molecule has 0 bridgehead atoms. The van der Waals surface area contributed by atoms with Crippen molar-refractivity contribution in [1.82, 2.24) is 5.32 Å². The Labute approximate surface area is 119 Å². The minimum atomic E-state index is 0.556. The van der Waals surface area contributed by atoms with Crippen LogP contribution in [0.25, 0.3) is 0 Å². The highest BCUT2D eigenvalue weighted by atomic mass is 35.5. The number of rotatable bonds is 6. The molecule has 100 valence electrons. The lowest BCUT2D eigenvalue weighted by Crippen LogP contribution is -2.12. The van der Waals surface area contributed by atoms with E-state index < -0.39 is 0 Å². The van der Waals surface area contributed by atoms with Crippen LogP contribution in [0.4, 0.5) is 0 Å². The maximum atomic E-state index is 5.88. The van der Waals surface area contributed by atoms with Gasteiger partial charge in [-0.3, -0.25) is 0 Å². The zero-order chi connectivity index (χ0) is 13.5. The number of ether oxygens (including phenoxy) is 1. The maximum Gasteiger partial charge on any atom is 0.124 e. The van der Waals surface area contributed by atoms with Crippen LogP contribution in [0.15, 0.2) is 48.5 Å². The molecule has 0 saturated heterocycles. The molecule has 19 heavy (non-hydrogen) atoms. The third-order valence-electron chi connectivity index (χ3n) is 2.85. The molecule has 2 rings (SSSR count). The van der Waals surface area contributed by atoms with Crippen molar-refractivity contribution in [1.29, 1.82) is 0 Å². The van der Waals surface area contributed by atoms with Gasteiger partial charge >= 0.3 is 0 Å². The second-order valence-corrected chi connectivity index (χ2v) is 4.74. The van der Waals surface area contributed by atoms with E-state index in [2.05, 4.69) is 18.3 Å². The van der Waals surface area contributed by atoms with Crippen LogP contribution < -0.4 is 10.1 Å². The minimum absolute atomic E-state index is 0.556. The average Bonchev–Trinajstić information content (AvgIpc) is 2.45. The van der Waals surface area contributed by atoms with Crippen LogP contribution in [-0.2, 0) is 13.2 Å². The lowest BCUT2D eigenvalue weighted by atomic mass is 10.2. The highest BCUT2D eigenvalue weighted by molar-refractivity contribution is 6.30. The first kappa shape index (κ1) is 13.9. The second kappa shape index (κ2) is 7.17. The van der Waals surface area contributed by atoms with Gasteiger partial charge in [0.05, 0.1) is 0 Å². The van der Waals surface area contributed by atoms with E-state index in [-0.39, 0.29) is 0 Å². The lowest BCUT2D eigenvalue weighted by Gasteiger charge is -2.11. The van der Waals surface area contributed by atoms with E-state index in [1.165, 1.54) is 5.56 Å². The first-order valence-corrected chi connectivity index (χ1v) is 6.83. The summed E-state index contributed by atoms with van der Waals surface area (Å²) in [6.07, 6.45) is 0. The van der Waals surface area contributed by atoms with Gasteiger partial charge in [0.2, 0.25) is 0 Å². The van der Waals surface area contributed by atoms with Gasteiger partial charge < -0.3 is 10.1 Å². The zero-order valence-corrected chi connectivity index (χ0v) is 11.8. The van der Waals surface area contributed by atoms with E-state index >= 15 is 0 Å². The Morgan fingerprint density at radius 3 is 2.53 bits per heavy atom. The predicted molar refractivity (Wildman–Crippen MR) is 79.6 cm³/mol. The minimum Gasteiger partial charge on any atom is -0.489 e. The van der Waals surface area contributed by atoms with E-state index in [0.717, 1.165) is 29.4 Å². The number of hydrogen-bond acceptors (Lipinski definition) is 2. The van der Waals surface area contributed by atoms with Crippen molar-refractivity contribution >= 4 is 11.6 Å². The van der Waals surface area contributed by atoms with Gasteiger partial charge in [-0.15, -0.1) is 0 Å². The largest absolute Gasteiger partial charge is 0.489 e. The fourth-order valence-electron chi connectivity index (χ4n) is 1.79.